The van der Waals surface area contributed by atoms with Crippen LogP contribution in [-0.2, 0) is 6.54 Å². The highest BCUT2D eigenvalue weighted by Gasteiger charge is 2.37. The minimum absolute atomic E-state index is 0.220. The van der Waals surface area contributed by atoms with Crippen LogP contribution in [0.1, 0.15) is 31.2 Å². The van der Waals surface area contributed by atoms with Crippen molar-refractivity contribution in [3.8, 4) is 0 Å². The van der Waals surface area contributed by atoms with Crippen LogP contribution in [0.2, 0.25) is 0 Å². The van der Waals surface area contributed by atoms with Crippen LogP contribution in [0.25, 0.3) is 10.9 Å². The summed E-state index contributed by atoms with van der Waals surface area (Å²) in [5.41, 5.74) is -0.334. The van der Waals surface area contributed by atoms with E-state index >= 15 is 0 Å². The van der Waals surface area contributed by atoms with Gasteiger partial charge in [0.15, 0.2) is 0 Å². The van der Waals surface area contributed by atoms with Crippen LogP contribution in [-0.4, -0.2) is 33.4 Å². The number of fused-ring (bicyclic) bond motifs is 1. The molecule has 5 nitrogen and oxygen atoms in total. The van der Waals surface area contributed by atoms with Crippen LogP contribution in [0.15, 0.2) is 29.1 Å². The van der Waals surface area contributed by atoms with Gasteiger partial charge in [-0.15, -0.1) is 0 Å². The summed E-state index contributed by atoms with van der Waals surface area (Å²) in [6.07, 6.45) is 2.22. The molecule has 0 bridgehead atoms. The third-order valence-electron chi connectivity index (χ3n) is 4.63. The number of nitrogens with one attached hydrogen (secondary N) is 2. The fourth-order valence-electron chi connectivity index (χ4n) is 3.20. The number of benzene rings is 1. The summed E-state index contributed by atoms with van der Waals surface area (Å²) in [7, 11) is 0. The van der Waals surface area contributed by atoms with Crippen molar-refractivity contribution in [3.05, 3.63) is 46.0 Å². The largest absolute Gasteiger partial charge is 0.389 e. The Hall–Kier alpha value is -1.76. The van der Waals surface area contributed by atoms with E-state index in [0.29, 0.717) is 23.9 Å². The summed E-state index contributed by atoms with van der Waals surface area (Å²) >= 11 is 0. The van der Waals surface area contributed by atoms with E-state index in [9.17, 15) is 19.4 Å². The quantitative estimate of drug-likeness (QED) is 0.671. The fourth-order valence-corrected chi connectivity index (χ4v) is 3.20. The predicted octanol–water partition coefficient (Wildman–Crippen LogP) is 1.42. The zero-order chi connectivity index (χ0) is 16.4. The maximum atomic E-state index is 13.2. The first-order valence-corrected chi connectivity index (χ1v) is 7.90. The van der Waals surface area contributed by atoms with E-state index in [1.165, 1.54) is 12.1 Å². The molecular weight excluding hydrogens is 299 g/mol. The van der Waals surface area contributed by atoms with E-state index in [1.807, 2.05) is 0 Å². The molecule has 1 unspecified atom stereocenters. The third kappa shape index (κ3) is 3.44. The second-order valence-corrected chi connectivity index (χ2v) is 6.31. The number of aromatic nitrogens is 1. The highest BCUT2D eigenvalue weighted by atomic mass is 19.1. The van der Waals surface area contributed by atoms with Crippen molar-refractivity contribution in [1.29, 1.82) is 0 Å². The van der Waals surface area contributed by atoms with Gasteiger partial charge in [0.05, 0.1) is 17.2 Å². The van der Waals surface area contributed by atoms with E-state index in [2.05, 4.69) is 10.3 Å². The molecule has 1 fully saturated rings. The van der Waals surface area contributed by atoms with Gasteiger partial charge < -0.3 is 20.5 Å². The summed E-state index contributed by atoms with van der Waals surface area (Å²) < 4.78 is 13.2. The van der Waals surface area contributed by atoms with Crippen molar-refractivity contribution >= 4 is 10.9 Å². The number of aromatic amines is 1. The van der Waals surface area contributed by atoms with Gasteiger partial charge in [-0.05, 0) is 42.5 Å². The minimum Gasteiger partial charge on any atom is -0.389 e. The van der Waals surface area contributed by atoms with Crippen molar-refractivity contribution in [3.63, 3.8) is 0 Å². The average Bonchev–Trinajstić information content (AvgIpc) is 2.96. The van der Waals surface area contributed by atoms with Gasteiger partial charge in [-0.1, -0.05) is 12.8 Å². The van der Waals surface area contributed by atoms with Gasteiger partial charge in [0.1, 0.15) is 5.82 Å². The molecule has 1 saturated carbocycles. The lowest BCUT2D eigenvalue weighted by atomic mass is 9.95. The molecule has 0 saturated heterocycles. The first kappa shape index (κ1) is 16.1. The standard InChI is InChI=1S/C17H21FN2O3/c18-13-4-3-11-7-12(16(22)20-14(11)8-13)9-19-10-15(21)17(23)5-1-2-6-17/h3-4,7-8,15,19,21,23H,1-2,5-6,9-10H2,(H,20,22). The molecule has 1 aliphatic carbocycles. The van der Waals surface area contributed by atoms with Crippen molar-refractivity contribution in [1.82, 2.24) is 10.3 Å². The number of rotatable bonds is 5. The smallest absolute Gasteiger partial charge is 0.252 e. The zero-order valence-corrected chi connectivity index (χ0v) is 12.8. The summed E-state index contributed by atoms with van der Waals surface area (Å²) in [6.45, 7) is 0.493. The van der Waals surface area contributed by atoms with E-state index in [0.717, 1.165) is 18.2 Å². The van der Waals surface area contributed by atoms with Gasteiger partial charge in [-0.2, -0.15) is 0 Å². The number of H-pyrrole nitrogens is 1. The summed E-state index contributed by atoms with van der Waals surface area (Å²) in [6, 6.07) is 5.95. The zero-order valence-electron chi connectivity index (χ0n) is 12.8. The lowest BCUT2D eigenvalue weighted by Crippen LogP contribution is -2.45. The van der Waals surface area contributed by atoms with Gasteiger partial charge >= 0.3 is 0 Å². The van der Waals surface area contributed by atoms with Crippen LogP contribution in [0.5, 0.6) is 0 Å². The number of aliphatic hydroxyl groups excluding tert-OH is 1. The van der Waals surface area contributed by atoms with Crippen LogP contribution in [0, 0.1) is 5.82 Å². The predicted molar refractivity (Wildman–Crippen MR) is 85.7 cm³/mol. The topological polar surface area (TPSA) is 85.4 Å². The van der Waals surface area contributed by atoms with Crippen LogP contribution >= 0.6 is 0 Å². The molecule has 1 heterocycles. The Kier molecular flexibility index (Phi) is 4.48. The molecule has 1 aromatic carbocycles. The molecule has 0 aliphatic heterocycles. The molecule has 1 aliphatic rings. The van der Waals surface area contributed by atoms with Crippen LogP contribution < -0.4 is 10.9 Å². The van der Waals surface area contributed by atoms with Crippen molar-refractivity contribution in [2.75, 3.05) is 6.54 Å². The first-order chi connectivity index (χ1) is 11.0. The van der Waals surface area contributed by atoms with Crippen LogP contribution in [0.4, 0.5) is 4.39 Å². The molecule has 0 amide bonds. The Morgan fingerprint density at radius 2 is 2.04 bits per heavy atom. The number of halogens is 1. The lowest BCUT2D eigenvalue weighted by Gasteiger charge is -2.28. The first-order valence-electron chi connectivity index (χ1n) is 7.90. The molecule has 0 radical (unpaired) electrons. The van der Waals surface area contributed by atoms with E-state index in [4.69, 9.17) is 0 Å². The molecule has 3 rings (SSSR count). The molecule has 1 aromatic heterocycles. The lowest BCUT2D eigenvalue weighted by molar-refractivity contribution is -0.0681. The Morgan fingerprint density at radius 3 is 2.78 bits per heavy atom. The third-order valence-corrected chi connectivity index (χ3v) is 4.63. The average molecular weight is 320 g/mol. The van der Waals surface area contributed by atoms with E-state index < -0.39 is 17.5 Å². The summed E-state index contributed by atoms with van der Waals surface area (Å²) in [5.74, 6) is -0.396. The van der Waals surface area contributed by atoms with Crippen molar-refractivity contribution in [2.24, 2.45) is 0 Å². The number of hydrogen-bond acceptors (Lipinski definition) is 4. The molecule has 0 spiro atoms. The Balaban J connectivity index is 1.66. The van der Waals surface area contributed by atoms with Gasteiger partial charge in [-0.25, -0.2) is 4.39 Å². The Labute approximate surface area is 133 Å². The van der Waals surface area contributed by atoms with Gasteiger partial charge in [0, 0.05) is 18.7 Å². The highest BCUT2D eigenvalue weighted by molar-refractivity contribution is 5.78. The second kappa shape index (κ2) is 6.39. The molecule has 6 heteroatoms. The Bertz CT molecular complexity index is 753. The van der Waals surface area contributed by atoms with Gasteiger partial charge in [0.25, 0.3) is 5.56 Å². The molecule has 1 atom stereocenters. The monoisotopic (exact) mass is 320 g/mol. The van der Waals surface area contributed by atoms with E-state index in [-0.39, 0.29) is 18.6 Å². The Morgan fingerprint density at radius 1 is 1.30 bits per heavy atom. The summed E-state index contributed by atoms with van der Waals surface area (Å²) in [5, 5.41) is 24.2. The SMILES string of the molecule is O=c1[nH]c2cc(F)ccc2cc1CNCC(O)C1(O)CCCC1. The second-order valence-electron chi connectivity index (χ2n) is 6.31. The molecule has 2 aromatic rings. The number of hydrogen-bond donors (Lipinski definition) is 4. The maximum Gasteiger partial charge on any atom is 0.252 e. The minimum atomic E-state index is -1.01. The fraction of sp³-hybridized carbons (Fsp3) is 0.471. The number of pyridine rings is 1. The molecule has 124 valence electrons. The molecule has 4 N–H and O–H groups in total. The van der Waals surface area contributed by atoms with Gasteiger partial charge in [0.2, 0.25) is 0 Å². The van der Waals surface area contributed by atoms with E-state index in [1.54, 1.807) is 12.1 Å². The normalized spacial score (nSPS) is 18.4. The van der Waals surface area contributed by atoms with Crippen molar-refractivity contribution < 1.29 is 14.6 Å². The highest BCUT2D eigenvalue weighted by Crippen LogP contribution is 2.32. The number of aliphatic hydroxyl groups is 2. The molecule has 23 heavy (non-hydrogen) atoms. The maximum absolute atomic E-state index is 13.2. The van der Waals surface area contributed by atoms with Crippen molar-refractivity contribution in [2.45, 2.75) is 43.9 Å². The van der Waals surface area contributed by atoms with Gasteiger partial charge in [-0.3, -0.25) is 4.79 Å². The molecular formula is C17H21FN2O3. The summed E-state index contributed by atoms with van der Waals surface area (Å²) in [4.78, 5) is 14.7. The van der Waals surface area contributed by atoms with Crippen LogP contribution in [0.3, 0.4) is 0 Å².